The SMILES string of the molecule is CNC(CC1CCCCC1)c1cc(C(F)(F)F)ccc1Br. The quantitative estimate of drug-likeness (QED) is 0.723. The third-order valence-corrected chi connectivity index (χ3v) is 5.06. The van der Waals surface area contributed by atoms with Crippen molar-refractivity contribution in [2.45, 2.75) is 50.7 Å². The smallest absolute Gasteiger partial charge is 0.313 e. The first-order valence-corrected chi connectivity index (χ1v) is 8.25. The largest absolute Gasteiger partial charge is 0.416 e. The second-order valence-corrected chi connectivity index (χ2v) is 6.67. The zero-order valence-electron chi connectivity index (χ0n) is 12.1. The van der Waals surface area contributed by atoms with E-state index in [-0.39, 0.29) is 6.04 Å². The van der Waals surface area contributed by atoms with E-state index in [1.54, 1.807) is 0 Å². The lowest BCUT2D eigenvalue weighted by molar-refractivity contribution is -0.137. The monoisotopic (exact) mass is 363 g/mol. The summed E-state index contributed by atoms with van der Waals surface area (Å²) in [5.41, 5.74) is 0.127. The molecule has 1 nitrogen and oxygen atoms in total. The molecule has 0 bridgehead atoms. The molecule has 1 N–H and O–H groups in total. The Kier molecular flexibility index (Phi) is 5.72. The van der Waals surface area contributed by atoms with E-state index < -0.39 is 11.7 Å². The zero-order valence-corrected chi connectivity index (χ0v) is 13.7. The molecule has 0 spiro atoms. The molecule has 1 atom stereocenters. The van der Waals surface area contributed by atoms with Crippen molar-refractivity contribution in [2.24, 2.45) is 5.92 Å². The van der Waals surface area contributed by atoms with Crippen molar-refractivity contribution in [2.75, 3.05) is 7.05 Å². The predicted octanol–water partition coefficient (Wildman–Crippen LogP) is 5.70. The Morgan fingerprint density at radius 3 is 2.48 bits per heavy atom. The number of rotatable bonds is 4. The highest BCUT2D eigenvalue weighted by Crippen LogP contribution is 2.37. The maximum atomic E-state index is 12.9. The highest BCUT2D eigenvalue weighted by atomic mass is 79.9. The van der Waals surface area contributed by atoms with Crippen molar-refractivity contribution in [3.05, 3.63) is 33.8 Å². The van der Waals surface area contributed by atoms with Crippen LogP contribution in [0.2, 0.25) is 0 Å². The molecule has 1 fully saturated rings. The highest BCUT2D eigenvalue weighted by Gasteiger charge is 2.32. The van der Waals surface area contributed by atoms with Gasteiger partial charge in [-0.1, -0.05) is 48.0 Å². The average molecular weight is 364 g/mol. The van der Waals surface area contributed by atoms with Gasteiger partial charge in [-0.05, 0) is 43.1 Å². The minimum Gasteiger partial charge on any atom is -0.313 e. The summed E-state index contributed by atoms with van der Waals surface area (Å²) < 4.78 is 39.4. The minimum atomic E-state index is -4.29. The predicted molar refractivity (Wildman–Crippen MR) is 82.1 cm³/mol. The van der Waals surface area contributed by atoms with Crippen molar-refractivity contribution < 1.29 is 13.2 Å². The molecule has 2 rings (SSSR count). The molecule has 0 heterocycles. The van der Waals surface area contributed by atoms with Gasteiger partial charge in [-0.3, -0.25) is 0 Å². The van der Waals surface area contributed by atoms with Crippen molar-refractivity contribution in [3.63, 3.8) is 0 Å². The molecule has 0 saturated heterocycles. The fraction of sp³-hybridized carbons (Fsp3) is 0.625. The Labute approximate surface area is 132 Å². The fourth-order valence-corrected chi connectivity index (χ4v) is 3.67. The average Bonchev–Trinajstić information content (AvgIpc) is 2.45. The molecule has 1 aliphatic carbocycles. The molecule has 1 aliphatic rings. The van der Waals surface area contributed by atoms with Crippen molar-refractivity contribution in [3.8, 4) is 0 Å². The summed E-state index contributed by atoms with van der Waals surface area (Å²) in [6.07, 6.45) is 2.75. The maximum absolute atomic E-state index is 12.9. The first kappa shape index (κ1) is 16.8. The summed E-state index contributed by atoms with van der Waals surface area (Å²) in [5.74, 6) is 0.609. The van der Waals surface area contributed by atoms with Gasteiger partial charge in [-0.25, -0.2) is 0 Å². The molecule has 0 radical (unpaired) electrons. The van der Waals surface area contributed by atoms with Gasteiger partial charge >= 0.3 is 6.18 Å². The van der Waals surface area contributed by atoms with Gasteiger partial charge in [0.15, 0.2) is 0 Å². The van der Waals surface area contributed by atoms with Crippen LogP contribution in [0.3, 0.4) is 0 Å². The second-order valence-electron chi connectivity index (χ2n) is 5.82. The van der Waals surface area contributed by atoms with Crippen LogP contribution in [0, 0.1) is 5.92 Å². The number of hydrogen-bond donors (Lipinski definition) is 1. The Morgan fingerprint density at radius 2 is 1.90 bits per heavy atom. The summed E-state index contributed by atoms with van der Waals surface area (Å²) in [5, 5.41) is 3.19. The van der Waals surface area contributed by atoms with Crippen LogP contribution in [0.5, 0.6) is 0 Å². The Balaban J connectivity index is 2.20. The van der Waals surface area contributed by atoms with Crippen LogP contribution in [0.25, 0.3) is 0 Å². The zero-order chi connectivity index (χ0) is 15.5. The lowest BCUT2D eigenvalue weighted by Crippen LogP contribution is -2.22. The molecule has 118 valence electrons. The number of halogens is 4. The van der Waals surface area contributed by atoms with E-state index in [4.69, 9.17) is 0 Å². The van der Waals surface area contributed by atoms with E-state index in [1.165, 1.54) is 44.2 Å². The number of nitrogens with one attached hydrogen (secondary N) is 1. The lowest BCUT2D eigenvalue weighted by atomic mass is 9.83. The van der Waals surface area contributed by atoms with Crippen LogP contribution in [0.4, 0.5) is 13.2 Å². The van der Waals surface area contributed by atoms with E-state index in [9.17, 15) is 13.2 Å². The molecule has 1 unspecified atom stereocenters. The van der Waals surface area contributed by atoms with Gasteiger partial charge in [-0.15, -0.1) is 0 Å². The third-order valence-electron chi connectivity index (χ3n) is 4.34. The van der Waals surface area contributed by atoms with Crippen molar-refractivity contribution in [1.29, 1.82) is 0 Å². The van der Waals surface area contributed by atoms with Crippen LogP contribution in [0.1, 0.15) is 55.7 Å². The molecule has 0 amide bonds. The van der Waals surface area contributed by atoms with E-state index >= 15 is 0 Å². The summed E-state index contributed by atoms with van der Waals surface area (Å²) in [6.45, 7) is 0. The van der Waals surface area contributed by atoms with Gasteiger partial charge < -0.3 is 5.32 Å². The molecular weight excluding hydrogens is 343 g/mol. The molecule has 1 aromatic carbocycles. The second kappa shape index (κ2) is 7.14. The molecule has 1 saturated carbocycles. The van der Waals surface area contributed by atoms with Crippen LogP contribution >= 0.6 is 15.9 Å². The summed E-state index contributed by atoms with van der Waals surface area (Å²) in [6, 6.07) is 3.86. The van der Waals surface area contributed by atoms with E-state index in [0.717, 1.165) is 17.0 Å². The first-order chi connectivity index (χ1) is 9.91. The fourth-order valence-electron chi connectivity index (χ4n) is 3.14. The number of alkyl halides is 3. The van der Waals surface area contributed by atoms with E-state index in [1.807, 2.05) is 7.05 Å². The first-order valence-electron chi connectivity index (χ1n) is 7.45. The summed E-state index contributed by atoms with van der Waals surface area (Å²) in [7, 11) is 1.82. The molecular formula is C16H21BrF3N. The Hall–Kier alpha value is -0.550. The lowest BCUT2D eigenvalue weighted by Gasteiger charge is -2.27. The molecule has 0 aliphatic heterocycles. The normalized spacial score (nSPS) is 18.7. The van der Waals surface area contributed by atoms with Crippen LogP contribution < -0.4 is 5.32 Å². The molecule has 21 heavy (non-hydrogen) atoms. The molecule has 1 aromatic rings. The Morgan fingerprint density at radius 1 is 1.24 bits per heavy atom. The maximum Gasteiger partial charge on any atom is 0.416 e. The molecule has 5 heteroatoms. The number of hydrogen-bond acceptors (Lipinski definition) is 1. The van der Waals surface area contributed by atoms with Crippen LogP contribution in [-0.2, 0) is 6.18 Å². The van der Waals surface area contributed by atoms with Gasteiger partial charge in [0, 0.05) is 10.5 Å². The summed E-state index contributed by atoms with van der Waals surface area (Å²) in [4.78, 5) is 0. The van der Waals surface area contributed by atoms with E-state index in [2.05, 4.69) is 21.2 Å². The number of benzene rings is 1. The Bertz CT molecular complexity index is 467. The topological polar surface area (TPSA) is 12.0 Å². The van der Waals surface area contributed by atoms with Crippen molar-refractivity contribution >= 4 is 15.9 Å². The van der Waals surface area contributed by atoms with Crippen LogP contribution in [-0.4, -0.2) is 7.05 Å². The van der Waals surface area contributed by atoms with Crippen molar-refractivity contribution in [1.82, 2.24) is 5.32 Å². The molecule has 0 aromatic heterocycles. The van der Waals surface area contributed by atoms with Crippen LogP contribution in [0.15, 0.2) is 22.7 Å². The highest BCUT2D eigenvalue weighted by molar-refractivity contribution is 9.10. The van der Waals surface area contributed by atoms with Gasteiger partial charge in [0.05, 0.1) is 5.56 Å². The van der Waals surface area contributed by atoms with Gasteiger partial charge in [0.2, 0.25) is 0 Å². The van der Waals surface area contributed by atoms with E-state index in [0.29, 0.717) is 11.5 Å². The minimum absolute atomic E-state index is 0.0372. The standard InChI is InChI=1S/C16H21BrF3N/c1-21-15(9-11-5-3-2-4-6-11)13-10-12(16(18,19)20)7-8-14(13)17/h7-8,10-11,15,21H,2-6,9H2,1H3. The van der Waals surface area contributed by atoms with Gasteiger partial charge in [-0.2, -0.15) is 13.2 Å². The summed E-state index contributed by atoms with van der Waals surface area (Å²) >= 11 is 3.40. The third kappa shape index (κ3) is 4.46. The van der Waals surface area contributed by atoms with Gasteiger partial charge in [0.1, 0.15) is 0 Å². The van der Waals surface area contributed by atoms with Gasteiger partial charge in [0.25, 0.3) is 0 Å².